The third-order valence-corrected chi connectivity index (χ3v) is 6.13. The van der Waals surface area contributed by atoms with Crippen molar-refractivity contribution in [1.82, 2.24) is 9.88 Å². The third-order valence-electron chi connectivity index (χ3n) is 4.92. The molecule has 154 valence electrons. The first-order valence-corrected chi connectivity index (χ1v) is 10.2. The molecule has 0 saturated heterocycles. The maximum Gasteiger partial charge on any atom is 0.290 e. The summed E-state index contributed by atoms with van der Waals surface area (Å²) >= 11 is 1.24. The standard InChI is InChI=1S/C22H20N2O5S/c1-13-20(30-21(23-13)14-7-4-3-5-8-14)18(25)16-17(15-9-6-11-29-15)24(10-12-28-2)22(27)19(16)26/h3-9,11,17,26H,10,12H2,1-2H3. The number of carbonyl (C=O) groups excluding carboxylic acids is 2. The Morgan fingerprint density at radius 2 is 2.03 bits per heavy atom. The summed E-state index contributed by atoms with van der Waals surface area (Å²) in [4.78, 5) is 32.5. The van der Waals surface area contributed by atoms with Crippen molar-refractivity contribution in [3.05, 3.63) is 76.4 Å². The Labute approximate surface area is 177 Å². The summed E-state index contributed by atoms with van der Waals surface area (Å²) in [5.74, 6) is -1.22. The zero-order chi connectivity index (χ0) is 21.3. The van der Waals surface area contributed by atoms with Gasteiger partial charge in [-0.15, -0.1) is 11.3 Å². The molecule has 1 aliphatic heterocycles. The molecule has 0 saturated carbocycles. The van der Waals surface area contributed by atoms with Crippen molar-refractivity contribution in [2.75, 3.05) is 20.3 Å². The molecule has 1 amide bonds. The number of amides is 1. The number of carbonyl (C=O) groups is 2. The number of rotatable bonds is 7. The van der Waals surface area contributed by atoms with Crippen LogP contribution in [0.15, 0.2) is 64.5 Å². The first-order chi connectivity index (χ1) is 14.5. The molecule has 1 N–H and O–H groups in total. The molecular formula is C22H20N2O5S. The number of ketones is 1. The number of benzene rings is 1. The van der Waals surface area contributed by atoms with Crippen molar-refractivity contribution in [3.63, 3.8) is 0 Å². The molecule has 0 radical (unpaired) electrons. The van der Waals surface area contributed by atoms with Crippen molar-refractivity contribution in [1.29, 1.82) is 0 Å². The van der Waals surface area contributed by atoms with Crippen molar-refractivity contribution in [2.45, 2.75) is 13.0 Å². The van der Waals surface area contributed by atoms with Crippen LogP contribution in [0.1, 0.15) is 27.2 Å². The van der Waals surface area contributed by atoms with Gasteiger partial charge in [-0.05, 0) is 19.1 Å². The molecule has 1 atom stereocenters. The second-order valence-electron chi connectivity index (χ2n) is 6.80. The maximum atomic E-state index is 13.5. The predicted octanol–water partition coefficient (Wildman–Crippen LogP) is 3.94. The van der Waals surface area contributed by atoms with Gasteiger partial charge in [0.2, 0.25) is 5.78 Å². The van der Waals surface area contributed by atoms with E-state index in [1.165, 1.54) is 29.6 Å². The van der Waals surface area contributed by atoms with E-state index in [1.54, 1.807) is 19.1 Å². The number of aryl methyl sites for hydroxylation is 1. The smallest absolute Gasteiger partial charge is 0.290 e. The second kappa shape index (κ2) is 8.25. The van der Waals surface area contributed by atoms with Crippen molar-refractivity contribution in [3.8, 4) is 10.6 Å². The van der Waals surface area contributed by atoms with Crippen LogP contribution in [0.4, 0.5) is 0 Å². The Morgan fingerprint density at radius 1 is 1.27 bits per heavy atom. The summed E-state index contributed by atoms with van der Waals surface area (Å²) in [5, 5.41) is 11.3. The second-order valence-corrected chi connectivity index (χ2v) is 7.80. The summed E-state index contributed by atoms with van der Waals surface area (Å²) in [7, 11) is 1.52. The van der Waals surface area contributed by atoms with Gasteiger partial charge in [0.1, 0.15) is 16.8 Å². The highest BCUT2D eigenvalue weighted by atomic mass is 32.1. The quantitative estimate of drug-likeness (QED) is 0.578. The lowest BCUT2D eigenvalue weighted by atomic mass is 9.99. The van der Waals surface area contributed by atoms with Gasteiger partial charge in [-0.3, -0.25) is 9.59 Å². The molecule has 0 spiro atoms. The number of aromatic nitrogens is 1. The van der Waals surface area contributed by atoms with E-state index < -0.39 is 23.5 Å². The Balaban J connectivity index is 1.75. The highest BCUT2D eigenvalue weighted by molar-refractivity contribution is 7.17. The average molecular weight is 424 g/mol. The molecule has 2 aromatic heterocycles. The molecule has 30 heavy (non-hydrogen) atoms. The van der Waals surface area contributed by atoms with Crippen LogP contribution >= 0.6 is 11.3 Å². The first-order valence-electron chi connectivity index (χ1n) is 9.37. The average Bonchev–Trinajstić information content (AvgIpc) is 3.47. The molecule has 4 rings (SSSR count). The molecule has 0 aliphatic carbocycles. The number of ether oxygens (including phenoxy) is 1. The molecule has 7 nitrogen and oxygen atoms in total. The van der Waals surface area contributed by atoms with Gasteiger partial charge >= 0.3 is 0 Å². The van der Waals surface area contributed by atoms with Crippen LogP contribution in [0.5, 0.6) is 0 Å². The number of Topliss-reactive ketones (excluding diaryl/α,β-unsaturated/α-hetero) is 1. The first kappa shape index (κ1) is 20.1. The van der Waals surface area contributed by atoms with Crippen molar-refractivity contribution < 1.29 is 23.8 Å². The molecular weight excluding hydrogens is 404 g/mol. The molecule has 8 heteroatoms. The minimum absolute atomic E-state index is 0.00239. The van der Waals surface area contributed by atoms with Crippen LogP contribution in [0.3, 0.4) is 0 Å². The zero-order valence-electron chi connectivity index (χ0n) is 16.5. The molecule has 0 fully saturated rings. The van der Waals surface area contributed by atoms with Gasteiger partial charge in [-0.1, -0.05) is 30.3 Å². The molecule has 1 aliphatic rings. The van der Waals surface area contributed by atoms with E-state index in [0.29, 0.717) is 21.3 Å². The lowest BCUT2D eigenvalue weighted by Gasteiger charge is -2.24. The van der Waals surface area contributed by atoms with Gasteiger partial charge < -0.3 is 19.2 Å². The summed E-state index contributed by atoms with van der Waals surface area (Å²) in [6.45, 7) is 2.21. The molecule has 3 aromatic rings. The van der Waals surface area contributed by atoms with E-state index in [-0.39, 0.29) is 18.7 Å². The molecule has 1 aromatic carbocycles. The Kier molecular flexibility index (Phi) is 5.52. The summed E-state index contributed by atoms with van der Waals surface area (Å²) in [6, 6.07) is 12.1. The summed E-state index contributed by atoms with van der Waals surface area (Å²) in [5.41, 5.74) is 1.44. The van der Waals surface area contributed by atoms with Gasteiger partial charge in [0, 0.05) is 19.2 Å². The number of aliphatic hydroxyl groups excluding tert-OH is 1. The van der Waals surface area contributed by atoms with Crippen molar-refractivity contribution >= 4 is 23.0 Å². The van der Waals surface area contributed by atoms with Gasteiger partial charge in [0.15, 0.2) is 5.76 Å². The Bertz CT molecular complexity index is 1100. The van der Waals surface area contributed by atoms with Crippen LogP contribution in [0.25, 0.3) is 10.6 Å². The SMILES string of the molecule is COCCN1C(=O)C(O)=C(C(=O)c2sc(-c3ccccc3)nc2C)C1c1ccco1. The minimum Gasteiger partial charge on any atom is -0.503 e. The topological polar surface area (TPSA) is 92.9 Å². The van der Waals surface area contributed by atoms with Gasteiger partial charge in [0.05, 0.1) is 29.0 Å². The van der Waals surface area contributed by atoms with Crippen LogP contribution < -0.4 is 0 Å². The van der Waals surface area contributed by atoms with E-state index in [0.717, 1.165) is 5.56 Å². The monoisotopic (exact) mass is 424 g/mol. The van der Waals surface area contributed by atoms with Gasteiger partial charge in [0.25, 0.3) is 5.91 Å². The van der Waals surface area contributed by atoms with E-state index in [1.807, 2.05) is 30.3 Å². The normalized spacial score (nSPS) is 16.5. The molecule has 3 heterocycles. The lowest BCUT2D eigenvalue weighted by molar-refractivity contribution is -0.130. The van der Waals surface area contributed by atoms with Crippen LogP contribution in [-0.4, -0.2) is 46.9 Å². The maximum absolute atomic E-state index is 13.5. The van der Waals surface area contributed by atoms with Crippen LogP contribution in [-0.2, 0) is 9.53 Å². The lowest BCUT2D eigenvalue weighted by Crippen LogP contribution is -2.33. The zero-order valence-corrected chi connectivity index (χ0v) is 17.3. The van der Waals surface area contributed by atoms with Gasteiger partial charge in [-0.2, -0.15) is 0 Å². The third kappa shape index (κ3) is 3.44. The number of hydrogen-bond donors (Lipinski definition) is 1. The number of methoxy groups -OCH3 is 1. The van der Waals surface area contributed by atoms with Crippen LogP contribution in [0, 0.1) is 6.92 Å². The van der Waals surface area contributed by atoms with E-state index in [4.69, 9.17) is 9.15 Å². The fourth-order valence-corrected chi connectivity index (χ4v) is 4.51. The van der Waals surface area contributed by atoms with Crippen LogP contribution in [0.2, 0.25) is 0 Å². The number of furan rings is 1. The van der Waals surface area contributed by atoms with E-state index in [2.05, 4.69) is 4.98 Å². The number of thiazole rings is 1. The Morgan fingerprint density at radius 3 is 2.70 bits per heavy atom. The van der Waals surface area contributed by atoms with E-state index >= 15 is 0 Å². The van der Waals surface area contributed by atoms with Gasteiger partial charge in [-0.25, -0.2) is 4.98 Å². The fourth-order valence-electron chi connectivity index (χ4n) is 3.48. The highest BCUT2D eigenvalue weighted by Crippen LogP contribution is 2.40. The summed E-state index contributed by atoms with van der Waals surface area (Å²) in [6.07, 6.45) is 1.47. The van der Waals surface area contributed by atoms with E-state index in [9.17, 15) is 14.7 Å². The number of nitrogens with zero attached hydrogens (tertiary/aromatic N) is 2. The molecule has 1 unspecified atom stereocenters. The highest BCUT2D eigenvalue weighted by Gasteiger charge is 2.45. The molecule has 0 bridgehead atoms. The fraction of sp³-hybridized carbons (Fsp3) is 0.227. The number of aliphatic hydroxyl groups is 1. The minimum atomic E-state index is -0.822. The Hall–Kier alpha value is -3.23. The van der Waals surface area contributed by atoms with Crippen molar-refractivity contribution in [2.24, 2.45) is 0 Å². The number of hydrogen-bond acceptors (Lipinski definition) is 7. The largest absolute Gasteiger partial charge is 0.503 e. The summed E-state index contributed by atoms with van der Waals surface area (Å²) < 4.78 is 10.6. The predicted molar refractivity (Wildman–Crippen MR) is 111 cm³/mol.